The highest BCUT2D eigenvalue weighted by Crippen LogP contribution is 2.23. The first-order valence-electron chi connectivity index (χ1n) is 8.24. The molecule has 0 saturated carbocycles. The number of pyridine rings is 1. The van der Waals surface area contributed by atoms with E-state index in [-0.39, 0.29) is 5.56 Å². The summed E-state index contributed by atoms with van der Waals surface area (Å²) >= 11 is 0. The van der Waals surface area contributed by atoms with Gasteiger partial charge in [-0.3, -0.25) is 0 Å². The van der Waals surface area contributed by atoms with Crippen LogP contribution < -0.4 is 10.1 Å². The molecule has 0 atom stereocenters. The standard InChI is InChI=1S/C21H20N2O3/c1-14-18(21(24)25)7-4-8-19(14)23-20-13-16(9-10-22-20)11-15-5-3-6-17(12-15)26-2/h3-10,12-13H,11H2,1-2H3,(H,22,23)(H,24,25). The highest BCUT2D eigenvalue weighted by molar-refractivity contribution is 5.91. The lowest BCUT2D eigenvalue weighted by molar-refractivity contribution is 0.0696. The van der Waals surface area contributed by atoms with Gasteiger partial charge in [0.2, 0.25) is 0 Å². The third-order valence-corrected chi connectivity index (χ3v) is 4.19. The molecule has 3 rings (SSSR count). The minimum absolute atomic E-state index is 0.280. The second kappa shape index (κ2) is 7.70. The van der Waals surface area contributed by atoms with Crippen molar-refractivity contribution in [2.24, 2.45) is 0 Å². The zero-order valence-corrected chi connectivity index (χ0v) is 14.7. The monoisotopic (exact) mass is 348 g/mol. The quantitative estimate of drug-likeness (QED) is 0.689. The number of aromatic nitrogens is 1. The predicted molar refractivity (Wildman–Crippen MR) is 101 cm³/mol. The maximum absolute atomic E-state index is 11.3. The van der Waals surface area contributed by atoms with Gasteiger partial charge >= 0.3 is 5.97 Å². The van der Waals surface area contributed by atoms with Crippen LogP contribution in [0.2, 0.25) is 0 Å². The van der Waals surface area contributed by atoms with Crippen molar-refractivity contribution in [3.8, 4) is 5.75 Å². The fourth-order valence-electron chi connectivity index (χ4n) is 2.81. The Morgan fingerprint density at radius 2 is 1.88 bits per heavy atom. The zero-order chi connectivity index (χ0) is 18.5. The van der Waals surface area contributed by atoms with Crippen LogP contribution in [0.25, 0.3) is 0 Å². The van der Waals surface area contributed by atoms with Crippen LogP contribution in [0.1, 0.15) is 27.0 Å². The molecule has 2 N–H and O–H groups in total. The first-order chi connectivity index (χ1) is 12.6. The van der Waals surface area contributed by atoms with Gasteiger partial charge in [0.1, 0.15) is 11.6 Å². The van der Waals surface area contributed by atoms with E-state index in [1.807, 2.05) is 36.4 Å². The number of methoxy groups -OCH3 is 1. The Bertz CT molecular complexity index is 938. The fourth-order valence-corrected chi connectivity index (χ4v) is 2.81. The van der Waals surface area contributed by atoms with Crippen LogP contribution in [0.3, 0.4) is 0 Å². The normalized spacial score (nSPS) is 10.4. The van der Waals surface area contributed by atoms with E-state index in [1.165, 1.54) is 0 Å². The maximum atomic E-state index is 11.3. The number of rotatable bonds is 6. The van der Waals surface area contributed by atoms with E-state index >= 15 is 0 Å². The summed E-state index contributed by atoms with van der Waals surface area (Å²) in [6.07, 6.45) is 2.50. The molecule has 5 heteroatoms. The van der Waals surface area contributed by atoms with Crippen molar-refractivity contribution < 1.29 is 14.6 Å². The number of carbonyl (C=O) groups is 1. The lowest BCUT2D eigenvalue weighted by Crippen LogP contribution is -2.03. The Morgan fingerprint density at radius 1 is 1.12 bits per heavy atom. The number of nitrogens with zero attached hydrogens (tertiary/aromatic N) is 1. The SMILES string of the molecule is COc1cccc(Cc2ccnc(Nc3cccc(C(=O)O)c3C)c2)c1. The van der Waals surface area contributed by atoms with Crippen molar-refractivity contribution in [3.05, 3.63) is 83.0 Å². The lowest BCUT2D eigenvalue weighted by Gasteiger charge is -2.12. The number of ether oxygens (including phenoxy) is 1. The van der Waals surface area contributed by atoms with E-state index < -0.39 is 5.97 Å². The molecule has 2 aromatic carbocycles. The molecule has 0 radical (unpaired) electrons. The summed E-state index contributed by atoms with van der Waals surface area (Å²) in [5, 5.41) is 12.5. The molecule has 1 heterocycles. The molecule has 0 amide bonds. The van der Waals surface area contributed by atoms with Crippen molar-refractivity contribution >= 4 is 17.5 Å². The van der Waals surface area contributed by atoms with E-state index in [4.69, 9.17) is 4.74 Å². The van der Waals surface area contributed by atoms with E-state index in [9.17, 15) is 9.90 Å². The molecular weight excluding hydrogens is 328 g/mol. The molecule has 0 spiro atoms. The smallest absolute Gasteiger partial charge is 0.336 e. The molecule has 3 aromatic rings. The summed E-state index contributed by atoms with van der Waals surface area (Å²) in [5.41, 5.74) is 3.94. The number of hydrogen-bond acceptors (Lipinski definition) is 4. The molecule has 0 aliphatic heterocycles. The second-order valence-corrected chi connectivity index (χ2v) is 5.99. The number of nitrogens with one attached hydrogen (secondary N) is 1. The Balaban J connectivity index is 1.82. The first kappa shape index (κ1) is 17.5. The average Bonchev–Trinajstić information content (AvgIpc) is 2.64. The number of benzene rings is 2. The van der Waals surface area contributed by atoms with Gasteiger partial charge in [-0.2, -0.15) is 0 Å². The molecule has 26 heavy (non-hydrogen) atoms. The summed E-state index contributed by atoms with van der Waals surface area (Å²) in [5.74, 6) is 0.568. The highest BCUT2D eigenvalue weighted by Gasteiger charge is 2.10. The number of carboxylic acids is 1. The van der Waals surface area contributed by atoms with Gasteiger partial charge in [-0.15, -0.1) is 0 Å². The minimum atomic E-state index is -0.939. The van der Waals surface area contributed by atoms with Gasteiger partial charge in [-0.25, -0.2) is 9.78 Å². The first-order valence-corrected chi connectivity index (χ1v) is 8.24. The number of anilines is 2. The van der Waals surface area contributed by atoms with E-state index in [2.05, 4.69) is 16.4 Å². The van der Waals surface area contributed by atoms with Crippen LogP contribution in [0.4, 0.5) is 11.5 Å². The average molecular weight is 348 g/mol. The van der Waals surface area contributed by atoms with Crippen molar-refractivity contribution in [2.45, 2.75) is 13.3 Å². The number of hydrogen-bond donors (Lipinski definition) is 2. The number of carboxylic acid groups (broad SMARTS) is 1. The second-order valence-electron chi connectivity index (χ2n) is 5.99. The molecule has 0 aliphatic rings. The van der Waals surface area contributed by atoms with E-state index in [1.54, 1.807) is 32.4 Å². The van der Waals surface area contributed by atoms with Crippen LogP contribution >= 0.6 is 0 Å². The number of aromatic carboxylic acids is 1. The van der Waals surface area contributed by atoms with Crippen LogP contribution in [0.5, 0.6) is 5.75 Å². The van der Waals surface area contributed by atoms with Crippen LogP contribution in [-0.2, 0) is 6.42 Å². The molecule has 0 saturated heterocycles. The van der Waals surface area contributed by atoms with Crippen LogP contribution in [0.15, 0.2) is 60.8 Å². The lowest BCUT2D eigenvalue weighted by atomic mass is 10.1. The molecule has 0 unspecified atom stereocenters. The minimum Gasteiger partial charge on any atom is -0.497 e. The molecule has 132 valence electrons. The summed E-state index contributed by atoms with van der Waals surface area (Å²) in [4.78, 5) is 15.6. The Morgan fingerprint density at radius 3 is 2.65 bits per heavy atom. The molecule has 0 fully saturated rings. The molecule has 0 aliphatic carbocycles. The molecular formula is C21H20N2O3. The van der Waals surface area contributed by atoms with Crippen LogP contribution in [-0.4, -0.2) is 23.2 Å². The summed E-state index contributed by atoms with van der Waals surface area (Å²) < 4.78 is 5.27. The summed E-state index contributed by atoms with van der Waals surface area (Å²) in [7, 11) is 1.65. The Kier molecular flexibility index (Phi) is 5.17. The van der Waals surface area contributed by atoms with Gasteiger partial charge in [-0.1, -0.05) is 18.2 Å². The Labute approximate surface area is 152 Å². The third kappa shape index (κ3) is 4.00. The summed E-state index contributed by atoms with van der Waals surface area (Å²) in [6.45, 7) is 1.78. The van der Waals surface area contributed by atoms with Gasteiger partial charge in [0.25, 0.3) is 0 Å². The van der Waals surface area contributed by atoms with Crippen molar-refractivity contribution in [1.29, 1.82) is 0 Å². The van der Waals surface area contributed by atoms with Gasteiger partial charge in [0, 0.05) is 11.9 Å². The largest absolute Gasteiger partial charge is 0.497 e. The molecule has 5 nitrogen and oxygen atoms in total. The van der Waals surface area contributed by atoms with Gasteiger partial charge < -0.3 is 15.2 Å². The summed E-state index contributed by atoms with van der Waals surface area (Å²) in [6, 6.07) is 17.0. The predicted octanol–water partition coefficient (Wildman–Crippen LogP) is 4.43. The van der Waals surface area contributed by atoms with Gasteiger partial charge in [0.15, 0.2) is 0 Å². The van der Waals surface area contributed by atoms with Gasteiger partial charge in [-0.05, 0) is 66.4 Å². The topological polar surface area (TPSA) is 71.5 Å². The van der Waals surface area contributed by atoms with Crippen LogP contribution in [0, 0.1) is 6.92 Å². The molecule has 0 bridgehead atoms. The maximum Gasteiger partial charge on any atom is 0.336 e. The van der Waals surface area contributed by atoms with E-state index in [0.717, 1.165) is 29.0 Å². The van der Waals surface area contributed by atoms with Gasteiger partial charge in [0.05, 0.1) is 12.7 Å². The van der Waals surface area contributed by atoms with Crippen molar-refractivity contribution in [3.63, 3.8) is 0 Å². The third-order valence-electron chi connectivity index (χ3n) is 4.19. The zero-order valence-electron chi connectivity index (χ0n) is 14.7. The Hall–Kier alpha value is -3.34. The molecule has 1 aromatic heterocycles. The highest BCUT2D eigenvalue weighted by atomic mass is 16.5. The van der Waals surface area contributed by atoms with Crippen molar-refractivity contribution in [2.75, 3.05) is 12.4 Å². The fraction of sp³-hybridized carbons (Fsp3) is 0.143. The van der Waals surface area contributed by atoms with E-state index in [0.29, 0.717) is 11.4 Å². The van der Waals surface area contributed by atoms with Crippen molar-refractivity contribution in [1.82, 2.24) is 4.98 Å².